The van der Waals surface area contributed by atoms with Gasteiger partial charge in [0.1, 0.15) is 0 Å². The Bertz CT molecular complexity index is 752. The van der Waals surface area contributed by atoms with Gasteiger partial charge in [0.05, 0.1) is 4.90 Å². The maximum absolute atomic E-state index is 12.2. The molecule has 0 saturated heterocycles. The van der Waals surface area contributed by atoms with Crippen LogP contribution in [0.15, 0.2) is 53.4 Å². The van der Waals surface area contributed by atoms with E-state index in [0.717, 1.165) is 17.4 Å². The third-order valence-corrected chi connectivity index (χ3v) is 4.29. The molecule has 0 saturated carbocycles. The smallest absolute Gasteiger partial charge is 0.251 e. The molecule has 0 spiro atoms. The molecule has 1 N–H and O–H groups in total. The average Bonchev–Trinajstić information content (AvgIpc) is 2.45. The summed E-state index contributed by atoms with van der Waals surface area (Å²) in [5.41, 5.74) is 2.12. The summed E-state index contributed by atoms with van der Waals surface area (Å²) in [6, 6.07) is 14.1. The molecule has 0 radical (unpaired) electrons. The van der Waals surface area contributed by atoms with Crippen molar-refractivity contribution in [2.75, 3.05) is 6.26 Å². The zero-order valence-corrected chi connectivity index (χ0v) is 12.8. The molecule has 0 aliphatic rings. The van der Waals surface area contributed by atoms with Crippen LogP contribution in [0.4, 0.5) is 0 Å². The summed E-state index contributed by atoms with van der Waals surface area (Å²) >= 11 is 0. The quantitative estimate of drug-likeness (QED) is 0.943. The fourth-order valence-electron chi connectivity index (χ4n) is 1.95. The van der Waals surface area contributed by atoms with Crippen LogP contribution < -0.4 is 5.32 Å². The highest BCUT2D eigenvalue weighted by atomic mass is 32.2. The van der Waals surface area contributed by atoms with Crippen molar-refractivity contribution in [3.05, 3.63) is 65.2 Å². The van der Waals surface area contributed by atoms with E-state index < -0.39 is 9.84 Å². The SMILES string of the molecule is Cc1ccc(S(C)(=O)=O)cc1C(=O)NCc1ccccc1. The van der Waals surface area contributed by atoms with E-state index >= 15 is 0 Å². The van der Waals surface area contributed by atoms with Gasteiger partial charge in [-0.25, -0.2) is 8.42 Å². The Morgan fingerprint density at radius 3 is 2.38 bits per heavy atom. The number of rotatable bonds is 4. The van der Waals surface area contributed by atoms with Crippen molar-refractivity contribution >= 4 is 15.7 Å². The molecule has 2 aromatic rings. The first-order chi connectivity index (χ1) is 9.88. The summed E-state index contributed by atoms with van der Waals surface area (Å²) in [7, 11) is -3.32. The largest absolute Gasteiger partial charge is 0.348 e. The molecule has 0 aromatic heterocycles. The highest BCUT2D eigenvalue weighted by Gasteiger charge is 2.14. The molecular formula is C16H17NO3S. The van der Waals surface area contributed by atoms with Crippen LogP contribution in [-0.2, 0) is 16.4 Å². The summed E-state index contributed by atoms with van der Waals surface area (Å²) in [5, 5.41) is 2.80. The van der Waals surface area contributed by atoms with E-state index in [4.69, 9.17) is 0 Å². The average molecular weight is 303 g/mol. The first-order valence-electron chi connectivity index (χ1n) is 6.51. The number of nitrogens with one attached hydrogen (secondary N) is 1. The fraction of sp³-hybridized carbons (Fsp3) is 0.188. The van der Waals surface area contributed by atoms with Crippen molar-refractivity contribution < 1.29 is 13.2 Å². The maximum atomic E-state index is 12.2. The van der Waals surface area contributed by atoms with Gasteiger partial charge in [0.25, 0.3) is 5.91 Å². The van der Waals surface area contributed by atoms with E-state index in [9.17, 15) is 13.2 Å². The Hall–Kier alpha value is -2.14. The molecule has 1 amide bonds. The lowest BCUT2D eigenvalue weighted by Crippen LogP contribution is -2.23. The number of carbonyl (C=O) groups excluding carboxylic acids is 1. The van der Waals surface area contributed by atoms with E-state index in [1.807, 2.05) is 30.3 Å². The fourth-order valence-corrected chi connectivity index (χ4v) is 2.60. The number of amides is 1. The van der Waals surface area contributed by atoms with E-state index in [1.165, 1.54) is 12.1 Å². The van der Waals surface area contributed by atoms with Crippen molar-refractivity contribution in [1.82, 2.24) is 5.32 Å². The third-order valence-electron chi connectivity index (χ3n) is 3.18. The summed E-state index contributed by atoms with van der Waals surface area (Å²) in [4.78, 5) is 12.4. The second-order valence-corrected chi connectivity index (χ2v) is 6.93. The zero-order chi connectivity index (χ0) is 15.5. The van der Waals surface area contributed by atoms with E-state index in [-0.39, 0.29) is 10.8 Å². The summed E-state index contributed by atoms with van der Waals surface area (Å²) in [5.74, 6) is -0.276. The summed E-state index contributed by atoms with van der Waals surface area (Å²) in [6.45, 7) is 2.19. The standard InChI is InChI=1S/C16H17NO3S/c1-12-8-9-14(21(2,19)20)10-15(12)16(18)17-11-13-6-4-3-5-7-13/h3-10H,11H2,1-2H3,(H,17,18). The van der Waals surface area contributed by atoms with Gasteiger partial charge >= 0.3 is 0 Å². The Morgan fingerprint density at radius 2 is 1.76 bits per heavy atom. The first kappa shape index (κ1) is 15.3. The van der Waals surface area contributed by atoms with Crippen molar-refractivity contribution in [3.8, 4) is 0 Å². The number of sulfone groups is 1. The summed E-state index contributed by atoms with van der Waals surface area (Å²) < 4.78 is 23.1. The zero-order valence-electron chi connectivity index (χ0n) is 12.0. The van der Waals surface area contributed by atoms with Gasteiger partial charge in [-0.05, 0) is 30.2 Å². The summed E-state index contributed by atoms with van der Waals surface area (Å²) in [6.07, 6.45) is 1.13. The Balaban J connectivity index is 2.19. The van der Waals surface area contributed by atoms with E-state index in [2.05, 4.69) is 5.32 Å². The molecule has 0 bridgehead atoms. The van der Waals surface area contributed by atoms with Crippen LogP contribution in [0.1, 0.15) is 21.5 Å². The van der Waals surface area contributed by atoms with Crippen LogP contribution in [0.25, 0.3) is 0 Å². The Morgan fingerprint density at radius 1 is 1.10 bits per heavy atom. The molecule has 0 aliphatic heterocycles. The topological polar surface area (TPSA) is 63.2 Å². The predicted octanol–water partition coefficient (Wildman–Crippen LogP) is 2.33. The van der Waals surface area contributed by atoms with Crippen LogP contribution in [0.2, 0.25) is 0 Å². The van der Waals surface area contributed by atoms with Crippen LogP contribution in [0, 0.1) is 6.92 Å². The molecule has 0 heterocycles. The third kappa shape index (κ3) is 3.92. The number of hydrogen-bond donors (Lipinski definition) is 1. The minimum atomic E-state index is -3.32. The van der Waals surface area contributed by atoms with Gasteiger partial charge in [-0.2, -0.15) is 0 Å². The normalized spacial score (nSPS) is 11.1. The van der Waals surface area contributed by atoms with Crippen molar-refractivity contribution in [3.63, 3.8) is 0 Å². The number of aryl methyl sites for hydroxylation is 1. The molecule has 5 heteroatoms. The highest BCUT2D eigenvalue weighted by Crippen LogP contribution is 2.15. The predicted molar refractivity (Wildman–Crippen MR) is 81.9 cm³/mol. The lowest BCUT2D eigenvalue weighted by Gasteiger charge is -2.09. The van der Waals surface area contributed by atoms with Crippen molar-refractivity contribution in [2.24, 2.45) is 0 Å². The van der Waals surface area contributed by atoms with Crippen LogP contribution in [-0.4, -0.2) is 20.6 Å². The second-order valence-electron chi connectivity index (χ2n) is 4.92. The molecule has 21 heavy (non-hydrogen) atoms. The van der Waals surface area contributed by atoms with Gasteiger partial charge in [0.2, 0.25) is 0 Å². The maximum Gasteiger partial charge on any atom is 0.251 e. The Labute approximate surface area is 124 Å². The molecule has 4 nitrogen and oxygen atoms in total. The minimum absolute atomic E-state index is 0.151. The molecule has 110 valence electrons. The second kappa shape index (κ2) is 6.10. The lowest BCUT2D eigenvalue weighted by molar-refractivity contribution is 0.0950. The Kier molecular flexibility index (Phi) is 4.43. The molecule has 0 aliphatic carbocycles. The molecule has 2 rings (SSSR count). The van der Waals surface area contributed by atoms with Crippen LogP contribution in [0.3, 0.4) is 0 Å². The molecular weight excluding hydrogens is 286 g/mol. The van der Waals surface area contributed by atoms with Gasteiger partial charge in [-0.15, -0.1) is 0 Å². The minimum Gasteiger partial charge on any atom is -0.348 e. The van der Waals surface area contributed by atoms with E-state index in [0.29, 0.717) is 12.1 Å². The molecule has 2 aromatic carbocycles. The first-order valence-corrected chi connectivity index (χ1v) is 8.40. The van der Waals surface area contributed by atoms with Gasteiger partial charge in [0, 0.05) is 18.4 Å². The van der Waals surface area contributed by atoms with Gasteiger partial charge in [0.15, 0.2) is 9.84 Å². The monoisotopic (exact) mass is 303 g/mol. The van der Waals surface area contributed by atoms with Crippen LogP contribution >= 0.6 is 0 Å². The molecule has 0 unspecified atom stereocenters. The van der Waals surface area contributed by atoms with Gasteiger partial charge in [-0.1, -0.05) is 36.4 Å². The highest BCUT2D eigenvalue weighted by molar-refractivity contribution is 7.90. The molecule has 0 atom stereocenters. The lowest BCUT2D eigenvalue weighted by atomic mass is 10.1. The van der Waals surface area contributed by atoms with Gasteiger partial charge in [-0.3, -0.25) is 4.79 Å². The molecule has 0 fully saturated rings. The van der Waals surface area contributed by atoms with Crippen molar-refractivity contribution in [1.29, 1.82) is 0 Å². The number of hydrogen-bond acceptors (Lipinski definition) is 3. The van der Waals surface area contributed by atoms with Crippen LogP contribution in [0.5, 0.6) is 0 Å². The number of carbonyl (C=O) groups is 1. The van der Waals surface area contributed by atoms with Gasteiger partial charge < -0.3 is 5.32 Å². The van der Waals surface area contributed by atoms with Crippen molar-refractivity contribution in [2.45, 2.75) is 18.4 Å². The van der Waals surface area contributed by atoms with E-state index in [1.54, 1.807) is 13.0 Å². The number of benzene rings is 2.